The van der Waals surface area contributed by atoms with E-state index in [9.17, 15) is 9.90 Å². The maximum atomic E-state index is 11.5. The highest BCUT2D eigenvalue weighted by Crippen LogP contribution is 2.33. The maximum Gasteiger partial charge on any atom is 0.339 e. The third-order valence-corrected chi connectivity index (χ3v) is 3.99. The highest BCUT2D eigenvalue weighted by molar-refractivity contribution is 5.89. The molecule has 1 aliphatic rings. The van der Waals surface area contributed by atoms with Crippen LogP contribution < -0.4 is 0 Å². The lowest BCUT2D eigenvalue weighted by Gasteiger charge is -2.20. The first-order valence-electron chi connectivity index (χ1n) is 7.14. The van der Waals surface area contributed by atoms with E-state index < -0.39 is 5.97 Å². The molecule has 0 amide bonds. The number of rotatable bonds is 3. The summed E-state index contributed by atoms with van der Waals surface area (Å²) in [7, 11) is 0. The van der Waals surface area contributed by atoms with E-state index in [1.54, 1.807) is 10.9 Å². The van der Waals surface area contributed by atoms with Gasteiger partial charge in [0.15, 0.2) is 0 Å². The number of carboxylic acid groups (broad SMARTS) is 1. The van der Waals surface area contributed by atoms with Gasteiger partial charge in [0.25, 0.3) is 0 Å². The second-order valence-electron chi connectivity index (χ2n) is 5.35. The highest BCUT2D eigenvalue weighted by Gasteiger charge is 2.25. The summed E-state index contributed by atoms with van der Waals surface area (Å²) in [5, 5.41) is 14.0. The number of para-hydroxylation sites is 1. The zero-order valence-corrected chi connectivity index (χ0v) is 11.3. The van der Waals surface area contributed by atoms with Crippen LogP contribution in [0, 0.1) is 0 Å². The van der Waals surface area contributed by atoms with Crippen LogP contribution in [0.2, 0.25) is 0 Å². The molecule has 0 atom stereocenters. The minimum Gasteiger partial charge on any atom is -0.478 e. The Hall–Kier alpha value is -2.10. The lowest BCUT2D eigenvalue weighted by molar-refractivity contribution is 0.0694. The number of carboxylic acids is 1. The molecule has 0 radical (unpaired) electrons. The van der Waals surface area contributed by atoms with E-state index in [1.165, 1.54) is 19.3 Å². The number of hydrogen-bond acceptors (Lipinski definition) is 2. The van der Waals surface area contributed by atoms with Gasteiger partial charge in [-0.05, 0) is 25.0 Å². The van der Waals surface area contributed by atoms with E-state index in [2.05, 4.69) is 5.10 Å². The molecule has 20 heavy (non-hydrogen) atoms. The number of hydrogen-bond donors (Lipinski definition) is 1. The van der Waals surface area contributed by atoms with Gasteiger partial charge in [0.2, 0.25) is 0 Å². The Morgan fingerprint density at radius 2 is 1.85 bits per heavy atom. The van der Waals surface area contributed by atoms with Crippen molar-refractivity contribution in [2.45, 2.75) is 38.0 Å². The second kappa shape index (κ2) is 5.49. The summed E-state index contributed by atoms with van der Waals surface area (Å²) >= 11 is 0. The number of aromatic nitrogens is 2. The third kappa shape index (κ3) is 2.46. The summed E-state index contributed by atoms with van der Waals surface area (Å²) in [6.07, 6.45) is 7.32. The van der Waals surface area contributed by atoms with Gasteiger partial charge in [-0.1, -0.05) is 37.5 Å². The summed E-state index contributed by atoms with van der Waals surface area (Å²) in [5.41, 5.74) is 2.00. The van der Waals surface area contributed by atoms with Gasteiger partial charge in [0.1, 0.15) is 5.56 Å². The first kappa shape index (κ1) is 12.9. The fraction of sp³-hybridized carbons (Fsp3) is 0.375. The number of aromatic carboxylic acids is 1. The van der Waals surface area contributed by atoms with Crippen molar-refractivity contribution in [3.8, 4) is 5.69 Å². The summed E-state index contributed by atoms with van der Waals surface area (Å²) in [6.45, 7) is 0. The molecule has 4 nitrogen and oxygen atoms in total. The Labute approximate surface area is 118 Å². The third-order valence-electron chi connectivity index (χ3n) is 3.99. The van der Waals surface area contributed by atoms with Crippen molar-refractivity contribution in [2.75, 3.05) is 0 Å². The zero-order valence-electron chi connectivity index (χ0n) is 11.3. The van der Waals surface area contributed by atoms with Crippen LogP contribution in [-0.4, -0.2) is 20.9 Å². The average molecular weight is 270 g/mol. The van der Waals surface area contributed by atoms with Crippen molar-refractivity contribution in [1.82, 2.24) is 9.78 Å². The smallest absolute Gasteiger partial charge is 0.339 e. The lowest BCUT2D eigenvalue weighted by Crippen LogP contribution is -2.10. The van der Waals surface area contributed by atoms with Crippen molar-refractivity contribution in [2.24, 2.45) is 0 Å². The van der Waals surface area contributed by atoms with Crippen molar-refractivity contribution >= 4 is 5.97 Å². The van der Waals surface area contributed by atoms with E-state index in [0.29, 0.717) is 11.5 Å². The molecule has 0 aliphatic heterocycles. The highest BCUT2D eigenvalue weighted by atomic mass is 16.4. The molecule has 3 rings (SSSR count). The van der Waals surface area contributed by atoms with Gasteiger partial charge >= 0.3 is 5.97 Å². The van der Waals surface area contributed by atoms with Crippen molar-refractivity contribution in [3.05, 3.63) is 47.8 Å². The van der Waals surface area contributed by atoms with Gasteiger partial charge in [-0.3, -0.25) is 0 Å². The Morgan fingerprint density at radius 3 is 2.50 bits per heavy atom. The fourth-order valence-corrected chi connectivity index (χ4v) is 2.94. The lowest BCUT2D eigenvalue weighted by atomic mass is 9.85. The predicted molar refractivity (Wildman–Crippen MR) is 76.3 cm³/mol. The number of nitrogens with zero attached hydrogens (tertiary/aromatic N) is 2. The summed E-state index contributed by atoms with van der Waals surface area (Å²) in [6, 6.07) is 9.66. The molecule has 2 aromatic rings. The fourth-order valence-electron chi connectivity index (χ4n) is 2.94. The SMILES string of the molecule is O=C(O)c1cn(-c2ccccc2)nc1C1CCCCC1. The molecule has 0 spiro atoms. The van der Waals surface area contributed by atoms with Crippen LogP contribution in [0.5, 0.6) is 0 Å². The average Bonchev–Trinajstić information content (AvgIpc) is 2.94. The van der Waals surface area contributed by atoms with Crippen molar-refractivity contribution in [1.29, 1.82) is 0 Å². The van der Waals surface area contributed by atoms with Gasteiger partial charge in [-0.25, -0.2) is 9.48 Å². The maximum absolute atomic E-state index is 11.5. The Bertz CT molecular complexity index is 598. The number of carbonyl (C=O) groups is 1. The van der Waals surface area contributed by atoms with Crippen LogP contribution >= 0.6 is 0 Å². The largest absolute Gasteiger partial charge is 0.478 e. The Kier molecular flexibility index (Phi) is 3.54. The monoisotopic (exact) mass is 270 g/mol. The molecule has 0 saturated heterocycles. The van der Waals surface area contributed by atoms with E-state index in [1.807, 2.05) is 30.3 Å². The normalized spacial score (nSPS) is 16.2. The van der Waals surface area contributed by atoms with Gasteiger partial charge in [-0.2, -0.15) is 5.10 Å². The van der Waals surface area contributed by atoms with Gasteiger partial charge in [-0.15, -0.1) is 0 Å². The molecule has 0 unspecified atom stereocenters. The van der Waals surface area contributed by atoms with Gasteiger partial charge in [0.05, 0.1) is 11.4 Å². The molecule has 1 N–H and O–H groups in total. The molecule has 1 fully saturated rings. The van der Waals surface area contributed by atoms with E-state index in [-0.39, 0.29) is 0 Å². The number of benzene rings is 1. The van der Waals surface area contributed by atoms with Crippen molar-refractivity contribution < 1.29 is 9.90 Å². The van der Waals surface area contributed by atoms with Crippen LogP contribution in [0.25, 0.3) is 5.69 Å². The predicted octanol–water partition coefficient (Wildman–Crippen LogP) is 3.62. The van der Waals surface area contributed by atoms with E-state index in [0.717, 1.165) is 24.2 Å². The van der Waals surface area contributed by atoms with Crippen LogP contribution in [0.15, 0.2) is 36.5 Å². The Balaban J connectivity index is 2.00. The molecule has 1 heterocycles. The second-order valence-corrected chi connectivity index (χ2v) is 5.35. The molecule has 4 heteroatoms. The first-order valence-corrected chi connectivity index (χ1v) is 7.14. The molecule has 104 valence electrons. The van der Waals surface area contributed by atoms with Gasteiger partial charge in [0, 0.05) is 12.1 Å². The van der Waals surface area contributed by atoms with E-state index >= 15 is 0 Å². The van der Waals surface area contributed by atoms with Crippen molar-refractivity contribution in [3.63, 3.8) is 0 Å². The zero-order chi connectivity index (χ0) is 13.9. The summed E-state index contributed by atoms with van der Waals surface area (Å²) in [5.74, 6) is -0.590. The molecular formula is C16H18N2O2. The standard InChI is InChI=1S/C16H18N2O2/c19-16(20)14-11-18(13-9-5-2-6-10-13)17-15(14)12-7-3-1-4-8-12/h2,5-6,9-12H,1,3-4,7-8H2,(H,19,20). The molecule has 1 aromatic carbocycles. The molecule has 0 bridgehead atoms. The molecule has 1 saturated carbocycles. The topological polar surface area (TPSA) is 55.1 Å². The van der Waals surface area contributed by atoms with E-state index in [4.69, 9.17) is 0 Å². The van der Waals surface area contributed by atoms with Crippen LogP contribution in [0.1, 0.15) is 54.1 Å². The quantitative estimate of drug-likeness (QED) is 0.926. The first-order chi connectivity index (χ1) is 9.75. The molecule has 1 aromatic heterocycles. The van der Waals surface area contributed by atoms with Crippen LogP contribution in [-0.2, 0) is 0 Å². The molecular weight excluding hydrogens is 252 g/mol. The van der Waals surface area contributed by atoms with Crippen LogP contribution in [0.3, 0.4) is 0 Å². The molecule has 1 aliphatic carbocycles. The van der Waals surface area contributed by atoms with Crippen LogP contribution in [0.4, 0.5) is 0 Å². The summed E-state index contributed by atoms with van der Waals surface area (Å²) in [4.78, 5) is 11.5. The Morgan fingerprint density at radius 1 is 1.15 bits per heavy atom. The summed E-state index contributed by atoms with van der Waals surface area (Å²) < 4.78 is 1.69. The minimum atomic E-state index is -0.882. The minimum absolute atomic E-state index is 0.291. The van der Waals surface area contributed by atoms with Gasteiger partial charge < -0.3 is 5.11 Å².